The molecule has 1 aromatic heterocycles. The first-order chi connectivity index (χ1) is 22.9. The highest BCUT2D eigenvalue weighted by atomic mass is 14.9. The molecule has 0 N–H and O–H groups in total. The number of pyridine rings is 1. The lowest BCUT2D eigenvalue weighted by molar-refractivity contribution is 0.456. The maximum atomic E-state index is 5.60. The maximum absolute atomic E-state index is 5.60. The molecule has 0 aliphatic heterocycles. The summed E-state index contributed by atoms with van der Waals surface area (Å²) in [5, 5.41) is 0. The molecular formula is C44H59N3. The van der Waals surface area contributed by atoms with Crippen molar-refractivity contribution in [2.45, 2.75) is 162 Å². The van der Waals surface area contributed by atoms with E-state index in [1.54, 1.807) is 0 Å². The van der Waals surface area contributed by atoms with Crippen LogP contribution in [0.5, 0.6) is 0 Å². The Hall–Kier alpha value is -3.07. The van der Waals surface area contributed by atoms with Crippen LogP contribution in [0.25, 0.3) is 0 Å². The average molecular weight is 630 g/mol. The van der Waals surface area contributed by atoms with E-state index in [1.807, 2.05) is 0 Å². The second kappa shape index (κ2) is 15.9. The van der Waals surface area contributed by atoms with Gasteiger partial charge >= 0.3 is 0 Å². The van der Waals surface area contributed by atoms with Crippen LogP contribution in [0, 0.1) is 27.7 Å². The van der Waals surface area contributed by atoms with Crippen LogP contribution in [0.15, 0.2) is 46.4 Å². The van der Waals surface area contributed by atoms with Crippen molar-refractivity contribution in [3.05, 3.63) is 86.7 Å². The smallest absolute Gasteiger partial charge is 0.0884 e. The molecule has 2 aromatic carbocycles. The van der Waals surface area contributed by atoms with E-state index >= 15 is 0 Å². The molecule has 0 atom stereocenters. The molecular weight excluding hydrogens is 571 g/mol. The van der Waals surface area contributed by atoms with Crippen LogP contribution in [0.2, 0.25) is 0 Å². The summed E-state index contributed by atoms with van der Waals surface area (Å²) in [5.41, 5.74) is 16.3. The highest BCUT2D eigenvalue weighted by molar-refractivity contribution is 6.04. The van der Waals surface area contributed by atoms with Gasteiger partial charge in [-0.1, -0.05) is 106 Å². The quantitative estimate of drug-likeness (QED) is 0.204. The molecule has 250 valence electrons. The number of nitrogens with zero attached hydrogens (tertiary/aromatic N) is 3. The fraction of sp³-hybridized carbons (Fsp3) is 0.568. The fourth-order valence-corrected chi connectivity index (χ4v) is 8.78. The molecule has 2 saturated carbocycles. The summed E-state index contributed by atoms with van der Waals surface area (Å²) >= 11 is 0. The lowest BCUT2D eigenvalue weighted by Gasteiger charge is -2.24. The van der Waals surface area contributed by atoms with E-state index < -0.39 is 0 Å². The van der Waals surface area contributed by atoms with Gasteiger partial charge in [0.1, 0.15) is 0 Å². The molecule has 0 amide bonds. The summed E-state index contributed by atoms with van der Waals surface area (Å²) in [7, 11) is 0. The Morgan fingerprint density at radius 1 is 0.596 bits per heavy atom. The highest BCUT2D eigenvalue weighted by Gasteiger charge is 2.23. The van der Waals surface area contributed by atoms with Gasteiger partial charge in [0.05, 0.1) is 34.2 Å². The molecule has 3 aliphatic rings. The summed E-state index contributed by atoms with van der Waals surface area (Å²) in [4.78, 5) is 16.4. The Bertz CT molecular complexity index is 1590. The number of hydrogen-bond acceptors (Lipinski definition) is 3. The van der Waals surface area contributed by atoms with Crippen molar-refractivity contribution in [3.63, 3.8) is 0 Å². The zero-order valence-electron chi connectivity index (χ0n) is 30.2. The van der Waals surface area contributed by atoms with Crippen molar-refractivity contribution in [2.24, 2.45) is 9.98 Å². The Morgan fingerprint density at radius 2 is 1.11 bits per heavy atom. The minimum Gasteiger partial charge on any atom is -0.251 e. The Kier molecular flexibility index (Phi) is 11.4. The van der Waals surface area contributed by atoms with Crippen LogP contribution in [0.4, 0.5) is 11.4 Å². The Balaban J connectivity index is 1.39. The lowest BCUT2D eigenvalue weighted by atomic mass is 9.83. The SMILES string of the molecule is CC(=Nc1c(C)cc(C)cc1C1CCCCCCC1)c1ccc2c(n1)C(=Nc1c(C)cc(C)cc1C1CCCCCCC1)CCCC2. The molecule has 1 heterocycles. The minimum absolute atomic E-state index is 0.601. The molecule has 3 aliphatic carbocycles. The largest absolute Gasteiger partial charge is 0.251 e. The minimum atomic E-state index is 0.601. The molecule has 0 spiro atoms. The van der Waals surface area contributed by atoms with E-state index in [0.717, 1.165) is 36.4 Å². The normalized spacial score (nSPS) is 20.2. The summed E-state index contributed by atoms with van der Waals surface area (Å²) in [6, 6.07) is 14.1. The molecule has 0 unspecified atom stereocenters. The van der Waals surface area contributed by atoms with Gasteiger partial charge in [0, 0.05) is 0 Å². The van der Waals surface area contributed by atoms with Crippen LogP contribution in [-0.2, 0) is 6.42 Å². The molecule has 3 aromatic rings. The second-order valence-electron chi connectivity index (χ2n) is 15.3. The Morgan fingerprint density at radius 3 is 1.70 bits per heavy atom. The van der Waals surface area contributed by atoms with Crippen LogP contribution in [0.3, 0.4) is 0 Å². The summed E-state index contributed by atoms with van der Waals surface area (Å²) < 4.78 is 0. The van der Waals surface area contributed by atoms with Gasteiger partial charge in [-0.2, -0.15) is 0 Å². The van der Waals surface area contributed by atoms with Crippen molar-refractivity contribution < 1.29 is 0 Å². The number of aromatic nitrogens is 1. The third-order valence-corrected chi connectivity index (χ3v) is 11.3. The van der Waals surface area contributed by atoms with Gasteiger partial charge in [0.25, 0.3) is 0 Å². The van der Waals surface area contributed by atoms with Crippen LogP contribution >= 0.6 is 0 Å². The standard InChI is InChI=1S/C44H59N3/c1-30-26-32(3)42(38(28-30)35-18-12-8-6-9-13-19-35)45-34(5)40-25-24-37-22-16-17-23-41(44(37)46-40)47-43-33(4)27-31(2)29-39(43)36-20-14-10-7-11-15-21-36/h24-29,35-36H,6-23H2,1-5H3. The molecule has 2 fully saturated rings. The average Bonchev–Trinajstić information content (AvgIpc) is 3.21. The lowest BCUT2D eigenvalue weighted by Crippen LogP contribution is -2.11. The molecule has 6 rings (SSSR count). The van der Waals surface area contributed by atoms with E-state index in [4.69, 9.17) is 15.0 Å². The zero-order valence-corrected chi connectivity index (χ0v) is 30.2. The van der Waals surface area contributed by atoms with Gasteiger partial charge < -0.3 is 0 Å². The van der Waals surface area contributed by atoms with Gasteiger partial charge in [-0.05, 0) is 132 Å². The first-order valence-electron chi connectivity index (χ1n) is 19.2. The topological polar surface area (TPSA) is 37.6 Å². The molecule has 0 saturated heterocycles. The maximum Gasteiger partial charge on any atom is 0.0884 e. The molecule has 0 bridgehead atoms. The van der Waals surface area contributed by atoms with Gasteiger partial charge in [-0.25, -0.2) is 4.98 Å². The number of aryl methyl sites for hydroxylation is 5. The van der Waals surface area contributed by atoms with Crippen molar-refractivity contribution >= 4 is 22.8 Å². The molecule has 3 nitrogen and oxygen atoms in total. The first-order valence-corrected chi connectivity index (χ1v) is 19.2. The number of aliphatic imine (C=N–C) groups is 2. The summed E-state index contributed by atoms with van der Waals surface area (Å²) in [6.07, 6.45) is 23.1. The zero-order chi connectivity index (χ0) is 32.8. The van der Waals surface area contributed by atoms with Gasteiger partial charge in [0.2, 0.25) is 0 Å². The predicted octanol–water partition coefficient (Wildman–Crippen LogP) is 13.0. The van der Waals surface area contributed by atoms with Crippen molar-refractivity contribution in [2.75, 3.05) is 0 Å². The third kappa shape index (κ3) is 8.33. The van der Waals surface area contributed by atoms with Crippen LogP contribution < -0.4 is 0 Å². The number of hydrogen-bond donors (Lipinski definition) is 0. The first kappa shape index (κ1) is 33.8. The highest BCUT2D eigenvalue weighted by Crippen LogP contribution is 2.41. The van der Waals surface area contributed by atoms with E-state index in [1.165, 1.54) is 152 Å². The van der Waals surface area contributed by atoms with Gasteiger partial charge in [-0.3, -0.25) is 9.98 Å². The van der Waals surface area contributed by atoms with Crippen molar-refractivity contribution in [1.29, 1.82) is 0 Å². The van der Waals surface area contributed by atoms with Crippen molar-refractivity contribution in [3.8, 4) is 0 Å². The molecule has 47 heavy (non-hydrogen) atoms. The third-order valence-electron chi connectivity index (χ3n) is 11.3. The van der Waals surface area contributed by atoms with E-state index in [9.17, 15) is 0 Å². The second-order valence-corrected chi connectivity index (χ2v) is 15.3. The van der Waals surface area contributed by atoms with Crippen LogP contribution in [0.1, 0.15) is 178 Å². The van der Waals surface area contributed by atoms with Gasteiger partial charge in [0.15, 0.2) is 0 Å². The van der Waals surface area contributed by atoms with E-state index in [2.05, 4.69) is 71.0 Å². The number of rotatable bonds is 5. The Labute approximate surface area is 285 Å². The summed E-state index contributed by atoms with van der Waals surface area (Å²) in [5.74, 6) is 1.21. The van der Waals surface area contributed by atoms with E-state index in [-0.39, 0.29) is 0 Å². The number of fused-ring (bicyclic) bond motifs is 1. The molecule has 3 heteroatoms. The van der Waals surface area contributed by atoms with Crippen LogP contribution in [-0.4, -0.2) is 16.4 Å². The molecule has 0 radical (unpaired) electrons. The van der Waals surface area contributed by atoms with Gasteiger partial charge in [-0.15, -0.1) is 0 Å². The predicted molar refractivity (Wildman–Crippen MR) is 202 cm³/mol. The van der Waals surface area contributed by atoms with E-state index in [0.29, 0.717) is 11.8 Å². The monoisotopic (exact) mass is 629 g/mol. The van der Waals surface area contributed by atoms with Crippen molar-refractivity contribution in [1.82, 2.24) is 4.98 Å². The summed E-state index contributed by atoms with van der Waals surface area (Å²) in [6.45, 7) is 11.2. The number of benzene rings is 2. The fourth-order valence-electron chi connectivity index (χ4n) is 8.78.